The van der Waals surface area contributed by atoms with Gasteiger partial charge in [-0.1, -0.05) is 0 Å². The van der Waals surface area contributed by atoms with Crippen LogP contribution in [0.5, 0.6) is 0 Å². The van der Waals surface area contributed by atoms with E-state index in [4.69, 9.17) is 0 Å². The molecule has 0 spiro atoms. The third-order valence-electron chi connectivity index (χ3n) is 4.52. The number of aryl methyl sites for hydroxylation is 1. The molecule has 1 saturated carbocycles. The highest BCUT2D eigenvalue weighted by Gasteiger charge is 2.29. The van der Waals surface area contributed by atoms with Crippen LogP contribution >= 0.6 is 0 Å². The monoisotopic (exact) mass is 311 g/mol. The van der Waals surface area contributed by atoms with E-state index in [-0.39, 0.29) is 5.56 Å². The summed E-state index contributed by atoms with van der Waals surface area (Å²) in [5.74, 6) is 2.10. The molecule has 120 valence electrons. The van der Waals surface area contributed by atoms with Crippen LogP contribution in [0.4, 0.5) is 0 Å². The molecule has 0 radical (unpaired) electrons. The Hall–Kier alpha value is -2.08. The summed E-state index contributed by atoms with van der Waals surface area (Å²) in [6, 6.07) is 5.36. The summed E-state index contributed by atoms with van der Waals surface area (Å²) >= 11 is 0. The van der Waals surface area contributed by atoms with Crippen molar-refractivity contribution >= 4 is 0 Å². The summed E-state index contributed by atoms with van der Waals surface area (Å²) in [6.07, 6.45) is 4.34. The van der Waals surface area contributed by atoms with Crippen LogP contribution in [-0.2, 0) is 13.1 Å². The molecule has 3 heterocycles. The Bertz CT molecular complexity index is 762. The van der Waals surface area contributed by atoms with E-state index < -0.39 is 0 Å². The predicted molar refractivity (Wildman–Crippen MR) is 86.0 cm³/mol. The van der Waals surface area contributed by atoms with Gasteiger partial charge < -0.3 is 0 Å². The number of hydrogen-bond acceptors (Lipinski definition) is 5. The number of nitrogens with zero attached hydrogens (tertiary/aromatic N) is 5. The Morgan fingerprint density at radius 2 is 2.04 bits per heavy atom. The van der Waals surface area contributed by atoms with Crippen molar-refractivity contribution < 1.29 is 0 Å². The molecule has 2 aliphatic rings. The van der Waals surface area contributed by atoms with E-state index in [1.54, 1.807) is 16.8 Å². The minimum atomic E-state index is -0.0149. The van der Waals surface area contributed by atoms with Gasteiger partial charge in [0.1, 0.15) is 5.82 Å². The fourth-order valence-electron chi connectivity index (χ4n) is 3.12. The quantitative estimate of drug-likeness (QED) is 0.834. The lowest BCUT2D eigenvalue weighted by Gasteiger charge is -2.39. The molecule has 0 bridgehead atoms. The van der Waals surface area contributed by atoms with Gasteiger partial charge in [0, 0.05) is 43.7 Å². The van der Waals surface area contributed by atoms with Crippen LogP contribution < -0.4 is 5.56 Å². The van der Waals surface area contributed by atoms with E-state index in [1.165, 1.54) is 12.8 Å². The number of likely N-dealkylation sites (tertiary alicyclic amines) is 1. The van der Waals surface area contributed by atoms with Gasteiger partial charge in [0.05, 0.1) is 17.9 Å². The van der Waals surface area contributed by atoms with Crippen LogP contribution in [0.2, 0.25) is 0 Å². The van der Waals surface area contributed by atoms with Crippen LogP contribution in [0, 0.1) is 12.8 Å². The Labute approximate surface area is 135 Å². The number of aromatic nitrogens is 4. The van der Waals surface area contributed by atoms with Crippen molar-refractivity contribution in [1.82, 2.24) is 24.6 Å². The lowest BCUT2D eigenvalue weighted by Crippen LogP contribution is -2.49. The molecule has 0 amide bonds. The smallest absolute Gasteiger partial charge is 0.266 e. The molecule has 23 heavy (non-hydrogen) atoms. The van der Waals surface area contributed by atoms with Gasteiger partial charge in [-0.15, -0.1) is 0 Å². The molecular formula is C17H21N5O. The average Bonchev–Trinajstić information content (AvgIpc) is 3.34. The van der Waals surface area contributed by atoms with Crippen LogP contribution in [0.25, 0.3) is 0 Å². The zero-order valence-electron chi connectivity index (χ0n) is 13.4. The van der Waals surface area contributed by atoms with Gasteiger partial charge in [0.2, 0.25) is 0 Å². The molecule has 0 atom stereocenters. The van der Waals surface area contributed by atoms with E-state index in [9.17, 15) is 4.79 Å². The molecule has 0 N–H and O–H groups in total. The van der Waals surface area contributed by atoms with Gasteiger partial charge in [-0.25, -0.2) is 14.6 Å². The van der Waals surface area contributed by atoms with Crippen LogP contribution in [0.15, 0.2) is 29.2 Å². The lowest BCUT2D eigenvalue weighted by atomic mass is 10.00. The summed E-state index contributed by atoms with van der Waals surface area (Å²) in [7, 11) is 0. The first kappa shape index (κ1) is 14.5. The Balaban J connectivity index is 1.32. The molecule has 2 aromatic heterocycles. The molecule has 4 rings (SSSR count). The topological polar surface area (TPSA) is 63.9 Å². The summed E-state index contributed by atoms with van der Waals surface area (Å²) in [5, 5.41) is 4.31. The second-order valence-corrected chi connectivity index (χ2v) is 6.74. The SMILES string of the molecule is Cc1ccc(=O)n(CC2CN(Cc3ccnc(C4CC4)n3)C2)n1. The second kappa shape index (κ2) is 5.85. The van der Waals surface area contributed by atoms with Crippen molar-refractivity contribution in [3.05, 3.63) is 52.0 Å². The lowest BCUT2D eigenvalue weighted by molar-refractivity contribution is 0.0752. The molecule has 2 fully saturated rings. The molecule has 0 unspecified atom stereocenters. The molecule has 6 nitrogen and oxygen atoms in total. The van der Waals surface area contributed by atoms with E-state index in [0.717, 1.165) is 36.8 Å². The second-order valence-electron chi connectivity index (χ2n) is 6.74. The number of rotatable bonds is 5. The minimum absolute atomic E-state index is 0.0149. The third-order valence-corrected chi connectivity index (χ3v) is 4.52. The van der Waals surface area contributed by atoms with E-state index in [2.05, 4.69) is 20.0 Å². The van der Waals surface area contributed by atoms with E-state index in [1.807, 2.05) is 19.2 Å². The zero-order valence-corrected chi connectivity index (χ0v) is 13.4. The van der Waals surface area contributed by atoms with Crippen LogP contribution in [0.1, 0.15) is 36.0 Å². The largest absolute Gasteiger partial charge is 0.297 e. The maximum absolute atomic E-state index is 11.8. The van der Waals surface area contributed by atoms with Crippen molar-refractivity contribution in [2.45, 2.75) is 38.8 Å². The van der Waals surface area contributed by atoms with Crippen molar-refractivity contribution in [2.75, 3.05) is 13.1 Å². The highest BCUT2D eigenvalue weighted by molar-refractivity contribution is 5.10. The molecule has 0 aromatic carbocycles. The van der Waals surface area contributed by atoms with Gasteiger partial charge in [-0.2, -0.15) is 5.10 Å². The maximum atomic E-state index is 11.8. The minimum Gasteiger partial charge on any atom is -0.297 e. The fourth-order valence-corrected chi connectivity index (χ4v) is 3.12. The molecule has 1 saturated heterocycles. The zero-order chi connectivity index (χ0) is 15.8. The Morgan fingerprint density at radius 3 is 2.83 bits per heavy atom. The Morgan fingerprint density at radius 1 is 1.22 bits per heavy atom. The summed E-state index contributed by atoms with van der Waals surface area (Å²) in [4.78, 5) is 23.2. The van der Waals surface area contributed by atoms with Gasteiger partial charge in [-0.05, 0) is 31.9 Å². The van der Waals surface area contributed by atoms with E-state index in [0.29, 0.717) is 18.4 Å². The first-order valence-corrected chi connectivity index (χ1v) is 8.26. The average molecular weight is 311 g/mol. The highest BCUT2D eigenvalue weighted by atomic mass is 16.1. The van der Waals surface area contributed by atoms with Crippen LogP contribution in [-0.4, -0.2) is 37.7 Å². The molecule has 1 aliphatic carbocycles. The normalized spacial score (nSPS) is 18.8. The van der Waals surface area contributed by atoms with Crippen molar-refractivity contribution in [3.8, 4) is 0 Å². The van der Waals surface area contributed by atoms with Crippen molar-refractivity contribution in [2.24, 2.45) is 5.92 Å². The first-order valence-electron chi connectivity index (χ1n) is 8.26. The van der Waals surface area contributed by atoms with Gasteiger partial charge in [0.15, 0.2) is 0 Å². The fraction of sp³-hybridized carbons (Fsp3) is 0.529. The molecular weight excluding hydrogens is 290 g/mol. The standard InChI is InChI=1S/C17H21N5O/c1-12-2-5-16(23)22(20-12)10-13-8-21(9-13)11-15-6-7-18-17(19-15)14-3-4-14/h2,5-7,13-14H,3-4,8-11H2,1H3. The Kier molecular flexibility index (Phi) is 3.69. The summed E-state index contributed by atoms with van der Waals surface area (Å²) in [5.41, 5.74) is 1.97. The van der Waals surface area contributed by atoms with Crippen molar-refractivity contribution in [1.29, 1.82) is 0 Å². The maximum Gasteiger partial charge on any atom is 0.266 e. The summed E-state index contributed by atoms with van der Waals surface area (Å²) in [6.45, 7) is 5.47. The third kappa shape index (κ3) is 3.32. The molecule has 2 aromatic rings. The van der Waals surface area contributed by atoms with Gasteiger partial charge >= 0.3 is 0 Å². The molecule has 6 heteroatoms. The number of hydrogen-bond donors (Lipinski definition) is 0. The van der Waals surface area contributed by atoms with Gasteiger partial charge in [0.25, 0.3) is 5.56 Å². The predicted octanol–water partition coefficient (Wildman–Crippen LogP) is 1.35. The van der Waals surface area contributed by atoms with E-state index >= 15 is 0 Å². The van der Waals surface area contributed by atoms with Gasteiger partial charge in [-0.3, -0.25) is 9.69 Å². The summed E-state index contributed by atoms with van der Waals surface area (Å²) < 4.78 is 1.59. The van der Waals surface area contributed by atoms with Crippen LogP contribution in [0.3, 0.4) is 0 Å². The highest BCUT2D eigenvalue weighted by Crippen LogP contribution is 2.37. The molecule has 1 aliphatic heterocycles. The first-order chi connectivity index (χ1) is 11.2. The van der Waals surface area contributed by atoms with Crippen molar-refractivity contribution in [3.63, 3.8) is 0 Å².